The first kappa shape index (κ1) is 23.5. The Morgan fingerprint density at radius 2 is 1.54 bits per heavy atom. The average molecular weight is 474 g/mol. The second-order valence-corrected chi connectivity index (χ2v) is 7.65. The van der Waals surface area contributed by atoms with Crippen LogP contribution in [-0.4, -0.2) is 37.0 Å². The molecule has 4 rings (SSSR count). The van der Waals surface area contributed by atoms with Gasteiger partial charge >= 0.3 is 5.97 Å². The number of benzene rings is 3. The van der Waals surface area contributed by atoms with Gasteiger partial charge in [-0.2, -0.15) is 0 Å². The minimum absolute atomic E-state index is 0.0112. The van der Waals surface area contributed by atoms with Gasteiger partial charge in [-0.3, -0.25) is 14.4 Å². The summed E-state index contributed by atoms with van der Waals surface area (Å²) in [6.07, 6.45) is 0. The van der Waals surface area contributed by atoms with Crippen molar-refractivity contribution in [1.82, 2.24) is 5.32 Å². The fourth-order valence-corrected chi connectivity index (χ4v) is 3.47. The lowest BCUT2D eigenvalue weighted by Crippen LogP contribution is -2.36. The monoisotopic (exact) mass is 474 g/mol. The highest BCUT2D eigenvalue weighted by atomic mass is 16.7. The van der Waals surface area contributed by atoms with E-state index in [1.54, 1.807) is 60.7 Å². The topological polar surface area (TPSA) is 120 Å². The minimum atomic E-state index is -1.13. The van der Waals surface area contributed by atoms with Crippen molar-refractivity contribution in [2.75, 3.05) is 18.7 Å². The van der Waals surface area contributed by atoms with E-state index in [-0.39, 0.29) is 23.8 Å². The highest BCUT2D eigenvalue weighted by Gasteiger charge is 2.26. The van der Waals surface area contributed by atoms with Crippen molar-refractivity contribution in [2.45, 2.75) is 13.0 Å². The molecule has 9 heteroatoms. The lowest BCUT2D eigenvalue weighted by Gasteiger charge is -2.18. The van der Waals surface area contributed by atoms with Crippen LogP contribution in [0.3, 0.4) is 0 Å². The van der Waals surface area contributed by atoms with Gasteiger partial charge in [0.1, 0.15) is 0 Å². The number of esters is 1. The van der Waals surface area contributed by atoms with Crippen LogP contribution in [0.15, 0.2) is 72.8 Å². The summed E-state index contributed by atoms with van der Waals surface area (Å²) in [6.45, 7) is 0.736. The van der Waals surface area contributed by atoms with Gasteiger partial charge < -0.3 is 24.8 Å². The van der Waals surface area contributed by atoms with Gasteiger partial charge in [-0.1, -0.05) is 48.5 Å². The molecule has 178 valence electrons. The Morgan fingerprint density at radius 3 is 2.20 bits per heavy atom. The molecular formula is C26H22N2O7. The molecule has 1 aliphatic rings. The van der Waals surface area contributed by atoms with Crippen LogP contribution in [0.1, 0.15) is 39.2 Å². The number of hydrogen-bond donors (Lipinski definition) is 2. The second-order valence-electron chi connectivity index (χ2n) is 7.65. The van der Waals surface area contributed by atoms with E-state index in [4.69, 9.17) is 14.2 Å². The van der Waals surface area contributed by atoms with E-state index in [0.29, 0.717) is 22.6 Å². The fraction of sp³-hybridized carbons (Fsp3) is 0.154. The SMILES string of the molecule is CC(=O)c1cc2c(cc1NC(=O)COC(=O)C(NC(=O)c1ccccc1)c1ccccc1)OCO2. The fourth-order valence-electron chi connectivity index (χ4n) is 3.47. The van der Waals surface area contributed by atoms with E-state index >= 15 is 0 Å². The van der Waals surface area contributed by atoms with Crippen LogP contribution in [0.2, 0.25) is 0 Å². The van der Waals surface area contributed by atoms with E-state index in [1.165, 1.54) is 19.1 Å². The molecule has 3 aromatic carbocycles. The Hall–Kier alpha value is -4.66. The highest BCUT2D eigenvalue weighted by molar-refractivity contribution is 6.05. The Morgan fingerprint density at radius 1 is 0.914 bits per heavy atom. The van der Waals surface area contributed by atoms with E-state index < -0.39 is 30.4 Å². The molecule has 2 N–H and O–H groups in total. The number of carbonyl (C=O) groups excluding carboxylic acids is 4. The van der Waals surface area contributed by atoms with Gasteiger partial charge in [0, 0.05) is 17.2 Å². The highest BCUT2D eigenvalue weighted by Crippen LogP contribution is 2.37. The van der Waals surface area contributed by atoms with Gasteiger partial charge in [-0.05, 0) is 30.7 Å². The van der Waals surface area contributed by atoms with E-state index in [0.717, 1.165) is 0 Å². The summed E-state index contributed by atoms with van der Waals surface area (Å²) in [7, 11) is 0. The van der Waals surface area contributed by atoms with Crippen LogP contribution in [0.25, 0.3) is 0 Å². The number of anilines is 1. The number of rotatable bonds is 8. The summed E-state index contributed by atoms with van der Waals surface area (Å²) in [4.78, 5) is 50.1. The molecule has 35 heavy (non-hydrogen) atoms. The lowest BCUT2D eigenvalue weighted by molar-refractivity contribution is -0.149. The summed E-state index contributed by atoms with van der Waals surface area (Å²) in [5.41, 5.74) is 1.31. The van der Waals surface area contributed by atoms with Crippen molar-refractivity contribution < 1.29 is 33.4 Å². The summed E-state index contributed by atoms with van der Waals surface area (Å²) >= 11 is 0. The maximum absolute atomic E-state index is 12.9. The average Bonchev–Trinajstić information content (AvgIpc) is 3.33. The second kappa shape index (κ2) is 10.5. The first-order valence-corrected chi connectivity index (χ1v) is 10.7. The van der Waals surface area contributed by atoms with E-state index in [1.807, 2.05) is 0 Å². The quantitative estimate of drug-likeness (QED) is 0.380. The van der Waals surface area contributed by atoms with Gasteiger partial charge in [0.2, 0.25) is 6.79 Å². The van der Waals surface area contributed by atoms with Crippen LogP contribution >= 0.6 is 0 Å². The Bertz CT molecular complexity index is 1260. The normalized spacial score (nSPS) is 12.4. The molecular weight excluding hydrogens is 452 g/mol. The molecule has 9 nitrogen and oxygen atoms in total. The maximum Gasteiger partial charge on any atom is 0.333 e. The number of ether oxygens (including phenoxy) is 3. The van der Waals surface area contributed by atoms with Crippen molar-refractivity contribution in [3.05, 3.63) is 89.5 Å². The number of amides is 2. The summed E-state index contributed by atoms with van der Waals surface area (Å²) in [6, 6.07) is 18.8. The van der Waals surface area contributed by atoms with Crippen molar-refractivity contribution in [1.29, 1.82) is 0 Å². The van der Waals surface area contributed by atoms with Gasteiger partial charge in [-0.25, -0.2) is 4.79 Å². The van der Waals surface area contributed by atoms with Crippen molar-refractivity contribution >= 4 is 29.3 Å². The predicted molar refractivity (Wildman–Crippen MR) is 125 cm³/mol. The zero-order valence-electron chi connectivity index (χ0n) is 18.8. The van der Waals surface area contributed by atoms with Gasteiger partial charge in [0.05, 0.1) is 5.69 Å². The van der Waals surface area contributed by atoms with Crippen LogP contribution in [0.5, 0.6) is 11.5 Å². The lowest BCUT2D eigenvalue weighted by atomic mass is 10.1. The molecule has 0 saturated carbocycles. The van der Waals surface area contributed by atoms with Crippen LogP contribution in [-0.2, 0) is 14.3 Å². The van der Waals surface area contributed by atoms with Gasteiger partial charge in [-0.15, -0.1) is 0 Å². The largest absolute Gasteiger partial charge is 0.454 e. The number of hydrogen-bond acceptors (Lipinski definition) is 7. The van der Waals surface area contributed by atoms with Crippen molar-refractivity contribution in [3.8, 4) is 11.5 Å². The molecule has 1 atom stereocenters. The Labute approximate surface area is 201 Å². The maximum atomic E-state index is 12.9. The number of ketones is 1. The zero-order valence-corrected chi connectivity index (χ0v) is 18.8. The Kier molecular flexibility index (Phi) is 7.06. The third kappa shape index (κ3) is 5.64. The number of Topliss-reactive ketones (excluding diaryl/α,β-unsaturated/α-hetero) is 1. The summed E-state index contributed by atoms with van der Waals surface area (Å²) in [5.74, 6) is -1.45. The van der Waals surface area contributed by atoms with Gasteiger partial charge in [0.25, 0.3) is 11.8 Å². The molecule has 1 heterocycles. The molecule has 0 saturated heterocycles. The zero-order chi connectivity index (χ0) is 24.8. The number of carbonyl (C=O) groups is 4. The molecule has 0 aromatic heterocycles. The molecule has 0 bridgehead atoms. The standard InChI is InChI=1S/C26H22N2O7/c1-16(29)19-12-21-22(35-15-34-21)13-20(19)27-23(30)14-33-26(32)24(17-8-4-2-5-9-17)28-25(31)18-10-6-3-7-11-18/h2-13,24H,14-15H2,1H3,(H,27,30)(H,28,31). The minimum Gasteiger partial charge on any atom is -0.454 e. The van der Waals surface area contributed by atoms with E-state index in [2.05, 4.69) is 10.6 Å². The number of fused-ring (bicyclic) bond motifs is 1. The van der Waals surface area contributed by atoms with Gasteiger partial charge in [0.15, 0.2) is 29.9 Å². The van der Waals surface area contributed by atoms with Crippen molar-refractivity contribution in [3.63, 3.8) is 0 Å². The first-order valence-electron chi connectivity index (χ1n) is 10.7. The van der Waals surface area contributed by atoms with Crippen LogP contribution < -0.4 is 20.1 Å². The number of nitrogens with one attached hydrogen (secondary N) is 2. The predicted octanol–water partition coefficient (Wildman–Crippen LogP) is 3.27. The van der Waals surface area contributed by atoms with E-state index in [9.17, 15) is 19.2 Å². The molecule has 0 aliphatic carbocycles. The smallest absolute Gasteiger partial charge is 0.333 e. The molecule has 1 unspecified atom stereocenters. The molecule has 2 amide bonds. The summed E-state index contributed by atoms with van der Waals surface area (Å²) < 4.78 is 15.8. The summed E-state index contributed by atoms with van der Waals surface area (Å²) in [5, 5.41) is 5.22. The third-order valence-electron chi connectivity index (χ3n) is 5.19. The molecule has 1 aliphatic heterocycles. The van der Waals surface area contributed by atoms with Crippen LogP contribution in [0.4, 0.5) is 5.69 Å². The Balaban J connectivity index is 1.44. The molecule has 0 spiro atoms. The third-order valence-corrected chi connectivity index (χ3v) is 5.19. The van der Waals surface area contributed by atoms with Crippen molar-refractivity contribution in [2.24, 2.45) is 0 Å². The molecule has 0 radical (unpaired) electrons. The molecule has 3 aromatic rings. The molecule has 0 fully saturated rings. The van der Waals surface area contributed by atoms with Crippen LogP contribution in [0, 0.1) is 0 Å². The first-order chi connectivity index (χ1) is 16.9.